The van der Waals surface area contributed by atoms with E-state index in [2.05, 4.69) is 12.6 Å². The summed E-state index contributed by atoms with van der Waals surface area (Å²) in [7, 11) is 0. The van der Waals surface area contributed by atoms with Gasteiger partial charge in [0.15, 0.2) is 0 Å². The van der Waals surface area contributed by atoms with Crippen LogP contribution in [-0.2, 0) is 4.79 Å². The molecule has 2 fully saturated rings. The second-order valence-electron chi connectivity index (χ2n) is 5.44. The molecule has 3 unspecified atom stereocenters. The number of aliphatic hydroxyl groups is 1. The van der Waals surface area contributed by atoms with Crippen molar-refractivity contribution in [3.05, 3.63) is 0 Å². The fourth-order valence-electron chi connectivity index (χ4n) is 2.95. The lowest BCUT2D eigenvalue weighted by atomic mass is 9.98. The van der Waals surface area contributed by atoms with Crippen LogP contribution in [0.5, 0.6) is 0 Å². The molecule has 0 aromatic carbocycles. The van der Waals surface area contributed by atoms with E-state index in [1.54, 1.807) is 0 Å². The van der Waals surface area contributed by atoms with Crippen molar-refractivity contribution in [2.45, 2.75) is 63.0 Å². The van der Waals surface area contributed by atoms with E-state index in [-0.39, 0.29) is 35.3 Å². The minimum atomic E-state index is -0.209. The van der Waals surface area contributed by atoms with Crippen molar-refractivity contribution >= 4 is 18.5 Å². The third-order valence-electron chi connectivity index (χ3n) is 3.85. The Bertz CT molecular complexity index is 268. The van der Waals surface area contributed by atoms with E-state index in [0.717, 1.165) is 25.7 Å². The Morgan fingerprint density at radius 1 is 1.31 bits per heavy atom. The van der Waals surface area contributed by atoms with Gasteiger partial charge in [0.05, 0.1) is 11.4 Å². The molecule has 3 nitrogen and oxygen atoms in total. The molecule has 0 aliphatic carbocycles. The number of hydrogen-bond acceptors (Lipinski definition) is 3. The minimum absolute atomic E-state index is 0.165. The standard InChI is InChI=1S/C12H21NO2S/c1-7(2)11(16)12(15)13-8-3-4-9(13)6-10(14)5-8/h7-11,14,16H,3-6H2,1-2H3. The van der Waals surface area contributed by atoms with E-state index in [0.29, 0.717) is 0 Å². The van der Waals surface area contributed by atoms with Crippen LogP contribution in [0.15, 0.2) is 0 Å². The molecule has 0 radical (unpaired) electrons. The van der Waals surface area contributed by atoms with Crippen LogP contribution in [0.2, 0.25) is 0 Å². The average molecular weight is 243 g/mol. The number of carbonyl (C=O) groups excluding carboxylic acids is 1. The number of aliphatic hydroxyl groups excluding tert-OH is 1. The molecule has 2 saturated heterocycles. The maximum atomic E-state index is 12.3. The highest BCUT2D eigenvalue weighted by molar-refractivity contribution is 7.81. The number of amides is 1. The Labute approximate surface area is 103 Å². The summed E-state index contributed by atoms with van der Waals surface area (Å²) in [5, 5.41) is 9.48. The van der Waals surface area contributed by atoms with Gasteiger partial charge in [-0.05, 0) is 31.6 Å². The first-order chi connectivity index (χ1) is 7.50. The summed E-state index contributed by atoms with van der Waals surface area (Å²) in [6.45, 7) is 4.05. The lowest BCUT2D eigenvalue weighted by Crippen LogP contribution is -2.51. The van der Waals surface area contributed by atoms with Gasteiger partial charge in [0.1, 0.15) is 0 Å². The fourth-order valence-corrected chi connectivity index (χ4v) is 3.08. The third kappa shape index (κ3) is 2.09. The van der Waals surface area contributed by atoms with Gasteiger partial charge in [0, 0.05) is 12.1 Å². The lowest BCUT2D eigenvalue weighted by molar-refractivity contribution is -0.137. The predicted octanol–water partition coefficient (Wildman–Crippen LogP) is 1.46. The Balaban J connectivity index is 2.08. The topological polar surface area (TPSA) is 40.5 Å². The Kier molecular flexibility index (Phi) is 3.50. The largest absolute Gasteiger partial charge is 0.393 e. The van der Waals surface area contributed by atoms with Crippen LogP contribution in [0.1, 0.15) is 39.5 Å². The zero-order valence-corrected chi connectivity index (χ0v) is 10.9. The van der Waals surface area contributed by atoms with Crippen LogP contribution in [0.25, 0.3) is 0 Å². The number of fused-ring (bicyclic) bond motifs is 2. The Hall–Kier alpha value is -0.220. The van der Waals surface area contributed by atoms with Gasteiger partial charge in [-0.1, -0.05) is 13.8 Å². The van der Waals surface area contributed by atoms with Crippen LogP contribution in [0.3, 0.4) is 0 Å². The van der Waals surface area contributed by atoms with E-state index >= 15 is 0 Å². The normalized spacial score (nSPS) is 35.6. The van der Waals surface area contributed by atoms with E-state index < -0.39 is 0 Å². The molecule has 2 bridgehead atoms. The van der Waals surface area contributed by atoms with Crippen molar-refractivity contribution in [1.82, 2.24) is 4.90 Å². The molecule has 2 aliphatic heterocycles. The molecular weight excluding hydrogens is 222 g/mol. The van der Waals surface area contributed by atoms with E-state index in [9.17, 15) is 9.90 Å². The molecule has 2 aliphatic rings. The van der Waals surface area contributed by atoms with E-state index in [1.807, 2.05) is 18.7 Å². The van der Waals surface area contributed by atoms with Crippen molar-refractivity contribution in [2.75, 3.05) is 0 Å². The molecular formula is C12H21NO2S. The van der Waals surface area contributed by atoms with Crippen LogP contribution < -0.4 is 0 Å². The van der Waals surface area contributed by atoms with Crippen molar-refractivity contribution in [3.63, 3.8) is 0 Å². The minimum Gasteiger partial charge on any atom is -0.393 e. The van der Waals surface area contributed by atoms with Crippen molar-refractivity contribution in [2.24, 2.45) is 5.92 Å². The second kappa shape index (κ2) is 4.57. The van der Waals surface area contributed by atoms with Gasteiger partial charge < -0.3 is 10.0 Å². The first-order valence-corrected chi connectivity index (χ1v) is 6.70. The summed E-state index contributed by atoms with van der Waals surface area (Å²) in [5.41, 5.74) is 0. The number of nitrogens with zero attached hydrogens (tertiary/aromatic N) is 1. The molecule has 0 aromatic heterocycles. The van der Waals surface area contributed by atoms with Crippen molar-refractivity contribution in [1.29, 1.82) is 0 Å². The van der Waals surface area contributed by atoms with E-state index in [1.165, 1.54) is 0 Å². The average Bonchev–Trinajstić information content (AvgIpc) is 2.49. The molecule has 92 valence electrons. The number of piperidine rings is 1. The van der Waals surface area contributed by atoms with Gasteiger partial charge in [-0.15, -0.1) is 0 Å². The quantitative estimate of drug-likeness (QED) is 0.721. The number of carbonyl (C=O) groups is 1. The van der Waals surface area contributed by atoms with Crippen molar-refractivity contribution in [3.8, 4) is 0 Å². The molecule has 2 heterocycles. The van der Waals surface area contributed by atoms with Gasteiger partial charge in [0.2, 0.25) is 5.91 Å². The number of hydrogen-bond donors (Lipinski definition) is 2. The monoisotopic (exact) mass is 243 g/mol. The first-order valence-electron chi connectivity index (χ1n) is 6.19. The molecule has 4 heteroatoms. The Morgan fingerprint density at radius 3 is 2.25 bits per heavy atom. The molecule has 1 amide bonds. The van der Waals surface area contributed by atoms with Gasteiger partial charge in [-0.3, -0.25) is 4.79 Å². The molecule has 16 heavy (non-hydrogen) atoms. The summed E-state index contributed by atoms with van der Waals surface area (Å²) in [4.78, 5) is 14.3. The van der Waals surface area contributed by atoms with Crippen LogP contribution in [0.4, 0.5) is 0 Å². The zero-order valence-electron chi connectivity index (χ0n) is 9.97. The maximum absolute atomic E-state index is 12.3. The molecule has 2 rings (SSSR count). The SMILES string of the molecule is CC(C)C(S)C(=O)N1C2CCC1CC(O)C2. The van der Waals surface area contributed by atoms with Crippen LogP contribution >= 0.6 is 12.6 Å². The van der Waals surface area contributed by atoms with Gasteiger partial charge >= 0.3 is 0 Å². The lowest BCUT2D eigenvalue weighted by Gasteiger charge is -2.39. The molecule has 1 N–H and O–H groups in total. The van der Waals surface area contributed by atoms with Crippen LogP contribution in [0, 0.1) is 5.92 Å². The summed E-state index contributed by atoms with van der Waals surface area (Å²) >= 11 is 4.41. The van der Waals surface area contributed by atoms with Crippen LogP contribution in [-0.4, -0.2) is 39.4 Å². The van der Waals surface area contributed by atoms with E-state index in [4.69, 9.17) is 0 Å². The molecule has 0 spiro atoms. The smallest absolute Gasteiger partial charge is 0.236 e. The highest BCUT2D eigenvalue weighted by Crippen LogP contribution is 2.37. The summed E-state index contributed by atoms with van der Waals surface area (Å²) in [5.74, 6) is 0.430. The number of thiol groups is 1. The predicted molar refractivity (Wildman–Crippen MR) is 66.5 cm³/mol. The highest BCUT2D eigenvalue weighted by Gasteiger charge is 2.44. The summed E-state index contributed by atoms with van der Waals surface area (Å²) < 4.78 is 0. The summed E-state index contributed by atoms with van der Waals surface area (Å²) in [6.07, 6.45) is 3.39. The van der Waals surface area contributed by atoms with Gasteiger partial charge in [-0.25, -0.2) is 0 Å². The highest BCUT2D eigenvalue weighted by atomic mass is 32.1. The number of rotatable bonds is 2. The fraction of sp³-hybridized carbons (Fsp3) is 0.917. The zero-order chi connectivity index (χ0) is 11.9. The Morgan fingerprint density at radius 2 is 1.81 bits per heavy atom. The summed E-state index contributed by atoms with van der Waals surface area (Å²) in [6, 6.07) is 0.518. The third-order valence-corrected chi connectivity index (χ3v) is 4.66. The van der Waals surface area contributed by atoms with Gasteiger partial charge in [0.25, 0.3) is 0 Å². The maximum Gasteiger partial charge on any atom is 0.236 e. The van der Waals surface area contributed by atoms with Crippen molar-refractivity contribution < 1.29 is 9.90 Å². The molecule has 0 saturated carbocycles. The van der Waals surface area contributed by atoms with Gasteiger partial charge in [-0.2, -0.15) is 12.6 Å². The molecule has 0 aromatic rings. The second-order valence-corrected chi connectivity index (χ2v) is 6.00. The first kappa shape index (κ1) is 12.2. The molecule has 3 atom stereocenters.